The molecule has 0 N–H and O–H groups in total. The third kappa shape index (κ3) is 1.88. The summed E-state index contributed by atoms with van der Waals surface area (Å²) in [6.07, 6.45) is 8.06. The number of fused-ring (bicyclic) bond motifs is 1. The Kier molecular flexibility index (Phi) is 2.88. The van der Waals surface area contributed by atoms with Crippen molar-refractivity contribution in [2.24, 2.45) is 0 Å². The van der Waals surface area contributed by atoms with Crippen LogP contribution in [0, 0.1) is 6.92 Å². The van der Waals surface area contributed by atoms with Crippen LogP contribution in [0.25, 0.3) is 5.65 Å². The van der Waals surface area contributed by atoms with Gasteiger partial charge in [0.2, 0.25) is 0 Å². The molecule has 0 unspecified atom stereocenters. The lowest BCUT2D eigenvalue weighted by atomic mass is 9.83. The molecular weight excluding hydrogens is 252 g/mol. The van der Waals surface area contributed by atoms with Crippen molar-refractivity contribution in [2.45, 2.75) is 32.1 Å². The molecule has 106 valence electrons. The SMILES string of the molecule is Cc1cnc(N2CCOCC2)c2nc(C3CCC3)cn12. The van der Waals surface area contributed by atoms with Crippen LogP contribution in [0.2, 0.25) is 0 Å². The maximum absolute atomic E-state index is 5.43. The van der Waals surface area contributed by atoms with E-state index in [1.807, 2.05) is 6.20 Å². The van der Waals surface area contributed by atoms with Gasteiger partial charge in [0.15, 0.2) is 11.5 Å². The molecular formula is C15H20N4O. The molecule has 20 heavy (non-hydrogen) atoms. The van der Waals surface area contributed by atoms with Crippen molar-refractivity contribution in [3.8, 4) is 0 Å². The lowest BCUT2D eigenvalue weighted by molar-refractivity contribution is 0.122. The van der Waals surface area contributed by atoms with Crippen molar-refractivity contribution in [3.05, 3.63) is 23.8 Å². The summed E-state index contributed by atoms with van der Waals surface area (Å²) in [4.78, 5) is 11.8. The second-order valence-corrected chi connectivity index (χ2v) is 5.81. The van der Waals surface area contributed by atoms with Gasteiger partial charge in [-0.3, -0.25) is 4.40 Å². The molecule has 1 saturated heterocycles. The van der Waals surface area contributed by atoms with E-state index in [1.165, 1.54) is 25.0 Å². The van der Waals surface area contributed by atoms with E-state index in [0.29, 0.717) is 5.92 Å². The zero-order valence-corrected chi connectivity index (χ0v) is 11.9. The van der Waals surface area contributed by atoms with Crippen LogP contribution in [0.15, 0.2) is 12.4 Å². The minimum Gasteiger partial charge on any atom is -0.378 e. The Balaban J connectivity index is 1.79. The molecule has 5 nitrogen and oxygen atoms in total. The van der Waals surface area contributed by atoms with Gasteiger partial charge >= 0.3 is 0 Å². The summed E-state index contributed by atoms with van der Waals surface area (Å²) in [6, 6.07) is 0. The summed E-state index contributed by atoms with van der Waals surface area (Å²) in [5.74, 6) is 1.66. The molecule has 2 aromatic rings. The summed E-state index contributed by atoms with van der Waals surface area (Å²) >= 11 is 0. The highest BCUT2D eigenvalue weighted by Gasteiger charge is 2.24. The third-order valence-electron chi connectivity index (χ3n) is 4.51. The van der Waals surface area contributed by atoms with Gasteiger partial charge in [-0.15, -0.1) is 0 Å². The highest BCUT2D eigenvalue weighted by Crippen LogP contribution is 2.36. The summed E-state index contributed by atoms with van der Waals surface area (Å²) in [7, 11) is 0. The van der Waals surface area contributed by atoms with Crippen LogP contribution < -0.4 is 4.90 Å². The largest absolute Gasteiger partial charge is 0.378 e. The Hall–Kier alpha value is -1.62. The predicted molar refractivity (Wildman–Crippen MR) is 77.3 cm³/mol. The number of ether oxygens (including phenoxy) is 1. The monoisotopic (exact) mass is 272 g/mol. The number of aromatic nitrogens is 3. The standard InChI is InChI=1S/C15H20N4O/c1-11-9-16-14(18-5-7-20-8-6-18)15-17-13(10-19(11)15)12-3-2-4-12/h9-10,12H,2-8H2,1H3. The van der Waals surface area contributed by atoms with Gasteiger partial charge in [-0.25, -0.2) is 9.97 Å². The maximum atomic E-state index is 5.43. The molecule has 4 rings (SSSR count). The van der Waals surface area contributed by atoms with Crippen LogP contribution in [-0.4, -0.2) is 40.7 Å². The van der Waals surface area contributed by atoms with Crippen LogP contribution >= 0.6 is 0 Å². The summed E-state index contributed by atoms with van der Waals surface area (Å²) in [6.45, 7) is 5.44. The number of morpholine rings is 1. The number of anilines is 1. The van der Waals surface area contributed by atoms with Crippen molar-refractivity contribution in [3.63, 3.8) is 0 Å². The molecule has 0 aromatic carbocycles. The number of nitrogens with zero attached hydrogens (tertiary/aromatic N) is 4. The van der Waals surface area contributed by atoms with Crippen molar-refractivity contribution < 1.29 is 4.74 Å². The van der Waals surface area contributed by atoms with E-state index < -0.39 is 0 Å². The Morgan fingerprint density at radius 3 is 2.75 bits per heavy atom. The normalized spacial score (nSPS) is 20.4. The minimum absolute atomic E-state index is 0.659. The lowest BCUT2D eigenvalue weighted by Gasteiger charge is -2.28. The fraction of sp³-hybridized carbons (Fsp3) is 0.600. The van der Waals surface area contributed by atoms with Crippen molar-refractivity contribution in [1.29, 1.82) is 0 Å². The number of aryl methyl sites for hydroxylation is 1. The molecule has 0 atom stereocenters. The third-order valence-corrected chi connectivity index (χ3v) is 4.51. The number of hydrogen-bond donors (Lipinski definition) is 0. The van der Waals surface area contributed by atoms with Gasteiger partial charge in [-0.05, 0) is 19.8 Å². The molecule has 2 aromatic heterocycles. The van der Waals surface area contributed by atoms with E-state index in [2.05, 4.69) is 27.4 Å². The van der Waals surface area contributed by atoms with Crippen LogP contribution in [0.5, 0.6) is 0 Å². The molecule has 3 heterocycles. The summed E-state index contributed by atoms with van der Waals surface area (Å²) in [5.41, 5.74) is 3.39. The van der Waals surface area contributed by atoms with E-state index >= 15 is 0 Å². The number of imidazole rings is 1. The Bertz CT molecular complexity index is 626. The Morgan fingerprint density at radius 2 is 2.05 bits per heavy atom. The van der Waals surface area contributed by atoms with E-state index in [4.69, 9.17) is 9.72 Å². The molecule has 0 bridgehead atoms. The molecule has 1 saturated carbocycles. The summed E-state index contributed by atoms with van der Waals surface area (Å²) < 4.78 is 7.63. The summed E-state index contributed by atoms with van der Waals surface area (Å²) in [5, 5.41) is 0. The van der Waals surface area contributed by atoms with Crippen molar-refractivity contribution in [2.75, 3.05) is 31.2 Å². The fourth-order valence-corrected chi connectivity index (χ4v) is 3.00. The van der Waals surface area contributed by atoms with Crippen LogP contribution in [-0.2, 0) is 4.74 Å². The Labute approximate surface area is 118 Å². The first kappa shape index (κ1) is 12.1. The van der Waals surface area contributed by atoms with Gasteiger partial charge in [0.1, 0.15) is 0 Å². The minimum atomic E-state index is 0.659. The molecule has 1 aliphatic carbocycles. The van der Waals surface area contributed by atoms with E-state index in [0.717, 1.165) is 43.5 Å². The molecule has 2 fully saturated rings. The average molecular weight is 272 g/mol. The van der Waals surface area contributed by atoms with Crippen molar-refractivity contribution in [1.82, 2.24) is 14.4 Å². The predicted octanol–water partition coefficient (Wildman–Crippen LogP) is 2.14. The smallest absolute Gasteiger partial charge is 0.180 e. The van der Waals surface area contributed by atoms with Gasteiger partial charge in [-0.1, -0.05) is 6.42 Å². The lowest BCUT2D eigenvalue weighted by Crippen LogP contribution is -2.37. The highest BCUT2D eigenvalue weighted by atomic mass is 16.5. The topological polar surface area (TPSA) is 42.7 Å². The highest BCUT2D eigenvalue weighted by molar-refractivity contribution is 5.65. The van der Waals surface area contributed by atoms with Gasteiger partial charge in [-0.2, -0.15) is 0 Å². The molecule has 0 radical (unpaired) electrons. The van der Waals surface area contributed by atoms with Gasteiger partial charge in [0.25, 0.3) is 0 Å². The molecule has 5 heteroatoms. The van der Waals surface area contributed by atoms with Crippen LogP contribution in [0.4, 0.5) is 5.82 Å². The van der Waals surface area contributed by atoms with Crippen LogP contribution in [0.3, 0.4) is 0 Å². The maximum Gasteiger partial charge on any atom is 0.180 e. The molecule has 2 aliphatic rings. The van der Waals surface area contributed by atoms with Crippen LogP contribution in [0.1, 0.15) is 36.6 Å². The van der Waals surface area contributed by atoms with E-state index in [9.17, 15) is 0 Å². The van der Waals surface area contributed by atoms with Gasteiger partial charge in [0, 0.05) is 37.1 Å². The van der Waals surface area contributed by atoms with E-state index in [-0.39, 0.29) is 0 Å². The number of rotatable bonds is 2. The zero-order chi connectivity index (χ0) is 13.5. The molecule has 1 aliphatic heterocycles. The first-order chi connectivity index (χ1) is 9.83. The molecule has 0 spiro atoms. The quantitative estimate of drug-likeness (QED) is 0.840. The van der Waals surface area contributed by atoms with Gasteiger partial charge in [0.05, 0.1) is 18.9 Å². The first-order valence-electron chi connectivity index (χ1n) is 7.50. The van der Waals surface area contributed by atoms with E-state index in [1.54, 1.807) is 0 Å². The average Bonchev–Trinajstić information content (AvgIpc) is 2.83. The zero-order valence-electron chi connectivity index (χ0n) is 11.9. The van der Waals surface area contributed by atoms with Gasteiger partial charge < -0.3 is 9.64 Å². The second-order valence-electron chi connectivity index (χ2n) is 5.81. The second kappa shape index (κ2) is 4.74. The number of hydrogen-bond acceptors (Lipinski definition) is 4. The first-order valence-corrected chi connectivity index (χ1v) is 7.50. The molecule has 0 amide bonds. The Morgan fingerprint density at radius 1 is 1.25 bits per heavy atom. The van der Waals surface area contributed by atoms with Crippen molar-refractivity contribution >= 4 is 11.5 Å². The fourth-order valence-electron chi connectivity index (χ4n) is 3.00.